The van der Waals surface area contributed by atoms with E-state index in [1.165, 1.54) is 24.8 Å². The average molecular weight is 231 g/mol. The van der Waals surface area contributed by atoms with Crippen molar-refractivity contribution >= 4 is 11.6 Å². The Morgan fingerprint density at radius 1 is 1.12 bits per heavy atom. The van der Waals surface area contributed by atoms with Gasteiger partial charge in [0.05, 0.1) is 0 Å². The number of carbonyl (C=O) groups excluding carboxylic acids is 1. The second-order valence-corrected chi connectivity index (χ2v) is 5.02. The minimum Gasteiger partial charge on any atom is -0.310 e. The topological polar surface area (TPSA) is 20.3 Å². The summed E-state index contributed by atoms with van der Waals surface area (Å²) in [5.41, 5.74) is 2.29. The minimum atomic E-state index is 0.167. The van der Waals surface area contributed by atoms with Crippen LogP contribution < -0.4 is 4.90 Å². The van der Waals surface area contributed by atoms with Crippen molar-refractivity contribution in [3.63, 3.8) is 0 Å². The highest BCUT2D eigenvalue weighted by Crippen LogP contribution is 2.27. The van der Waals surface area contributed by atoms with Crippen LogP contribution in [-0.4, -0.2) is 11.9 Å². The summed E-state index contributed by atoms with van der Waals surface area (Å²) >= 11 is 0. The molecular formula is C15H21NO. The van der Waals surface area contributed by atoms with Gasteiger partial charge in [0, 0.05) is 18.7 Å². The summed E-state index contributed by atoms with van der Waals surface area (Å²) in [6, 6.07) is 8.68. The third kappa shape index (κ3) is 2.87. The van der Waals surface area contributed by atoms with Gasteiger partial charge in [-0.15, -0.1) is 0 Å². The molecule has 1 aromatic carbocycles. The van der Waals surface area contributed by atoms with Crippen LogP contribution in [-0.2, 0) is 4.79 Å². The Balaban J connectivity index is 2.21. The van der Waals surface area contributed by atoms with Crippen LogP contribution in [0.3, 0.4) is 0 Å². The molecule has 17 heavy (non-hydrogen) atoms. The third-order valence-electron chi connectivity index (χ3n) is 3.59. The Morgan fingerprint density at radius 3 is 2.24 bits per heavy atom. The summed E-state index contributed by atoms with van der Waals surface area (Å²) in [6.07, 6.45) is 6.11. The van der Waals surface area contributed by atoms with Crippen LogP contribution in [0.25, 0.3) is 0 Å². The number of amides is 1. The molecular weight excluding hydrogens is 210 g/mol. The molecule has 1 amide bonds. The van der Waals surface area contributed by atoms with Gasteiger partial charge in [-0.25, -0.2) is 0 Å². The van der Waals surface area contributed by atoms with Crippen molar-refractivity contribution in [1.82, 2.24) is 0 Å². The number of carbonyl (C=O) groups is 1. The lowest BCUT2D eigenvalue weighted by Crippen LogP contribution is -2.40. The molecule has 0 aromatic heterocycles. The van der Waals surface area contributed by atoms with Crippen molar-refractivity contribution < 1.29 is 4.79 Å². The van der Waals surface area contributed by atoms with Crippen LogP contribution in [0.2, 0.25) is 0 Å². The predicted molar refractivity (Wildman–Crippen MR) is 71.2 cm³/mol. The molecule has 0 atom stereocenters. The maximum atomic E-state index is 11.9. The second-order valence-electron chi connectivity index (χ2n) is 5.02. The fourth-order valence-electron chi connectivity index (χ4n) is 2.69. The monoisotopic (exact) mass is 231 g/mol. The molecule has 0 bridgehead atoms. The predicted octanol–water partition coefficient (Wildman–Crippen LogP) is 3.68. The van der Waals surface area contributed by atoms with Crippen LogP contribution in [0.4, 0.5) is 5.69 Å². The normalized spacial score (nSPS) is 16.8. The van der Waals surface area contributed by atoms with E-state index < -0.39 is 0 Å². The molecule has 1 aliphatic rings. The van der Waals surface area contributed by atoms with Gasteiger partial charge in [-0.2, -0.15) is 0 Å². The van der Waals surface area contributed by atoms with Crippen LogP contribution in [0.1, 0.15) is 44.6 Å². The SMILES string of the molecule is CC(=O)N(c1ccc(C)cc1)C1CCCCC1. The van der Waals surface area contributed by atoms with E-state index in [1.807, 2.05) is 4.90 Å². The summed E-state index contributed by atoms with van der Waals surface area (Å²) in [5, 5.41) is 0. The van der Waals surface area contributed by atoms with Crippen LogP contribution >= 0.6 is 0 Å². The van der Waals surface area contributed by atoms with Gasteiger partial charge in [0.15, 0.2) is 0 Å². The van der Waals surface area contributed by atoms with Crippen LogP contribution in [0, 0.1) is 6.92 Å². The maximum absolute atomic E-state index is 11.9. The number of hydrogen-bond acceptors (Lipinski definition) is 1. The molecule has 1 aromatic rings. The Labute approximate surface area is 104 Å². The lowest BCUT2D eigenvalue weighted by atomic mass is 9.93. The Bertz CT molecular complexity index is 376. The average Bonchev–Trinajstić information content (AvgIpc) is 2.33. The molecule has 2 nitrogen and oxygen atoms in total. The first kappa shape index (κ1) is 12.2. The number of benzene rings is 1. The lowest BCUT2D eigenvalue weighted by molar-refractivity contribution is -0.117. The molecule has 0 spiro atoms. The number of nitrogens with zero attached hydrogens (tertiary/aromatic N) is 1. The molecule has 2 heteroatoms. The van der Waals surface area contributed by atoms with E-state index in [0.29, 0.717) is 6.04 Å². The summed E-state index contributed by atoms with van der Waals surface area (Å²) in [6.45, 7) is 3.75. The van der Waals surface area contributed by atoms with Gasteiger partial charge < -0.3 is 4.90 Å². The van der Waals surface area contributed by atoms with Gasteiger partial charge in [0.25, 0.3) is 0 Å². The van der Waals surface area contributed by atoms with Crippen molar-refractivity contribution in [3.8, 4) is 0 Å². The fourth-order valence-corrected chi connectivity index (χ4v) is 2.69. The van der Waals surface area contributed by atoms with E-state index in [-0.39, 0.29) is 5.91 Å². The first-order valence-electron chi connectivity index (χ1n) is 6.55. The lowest BCUT2D eigenvalue weighted by Gasteiger charge is -2.33. The van der Waals surface area contributed by atoms with E-state index in [9.17, 15) is 4.79 Å². The number of hydrogen-bond donors (Lipinski definition) is 0. The zero-order chi connectivity index (χ0) is 12.3. The molecule has 0 aliphatic heterocycles. The van der Waals surface area contributed by atoms with E-state index in [4.69, 9.17) is 0 Å². The van der Waals surface area contributed by atoms with Crippen molar-refractivity contribution in [2.24, 2.45) is 0 Å². The van der Waals surface area contributed by atoms with Gasteiger partial charge in [-0.3, -0.25) is 4.79 Å². The molecule has 2 rings (SSSR count). The zero-order valence-electron chi connectivity index (χ0n) is 10.8. The molecule has 0 unspecified atom stereocenters. The Hall–Kier alpha value is -1.31. The molecule has 0 N–H and O–H groups in total. The highest BCUT2D eigenvalue weighted by Gasteiger charge is 2.24. The van der Waals surface area contributed by atoms with Gasteiger partial charge in [-0.05, 0) is 31.9 Å². The second kappa shape index (κ2) is 5.35. The third-order valence-corrected chi connectivity index (χ3v) is 3.59. The van der Waals surface area contributed by atoms with E-state index in [0.717, 1.165) is 18.5 Å². The number of rotatable bonds is 2. The summed E-state index contributed by atoms with van der Waals surface area (Å²) in [4.78, 5) is 13.8. The summed E-state index contributed by atoms with van der Waals surface area (Å²) in [7, 11) is 0. The Kier molecular flexibility index (Phi) is 3.82. The van der Waals surface area contributed by atoms with Gasteiger partial charge in [0.1, 0.15) is 0 Å². The van der Waals surface area contributed by atoms with Crippen molar-refractivity contribution in [3.05, 3.63) is 29.8 Å². The number of anilines is 1. The Morgan fingerprint density at radius 2 is 1.71 bits per heavy atom. The molecule has 1 saturated carbocycles. The summed E-state index contributed by atoms with van der Waals surface area (Å²) in [5.74, 6) is 0.167. The van der Waals surface area contributed by atoms with Crippen molar-refractivity contribution in [2.75, 3.05) is 4.90 Å². The fraction of sp³-hybridized carbons (Fsp3) is 0.533. The van der Waals surface area contributed by atoms with Crippen LogP contribution in [0.15, 0.2) is 24.3 Å². The molecule has 92 valence electrons. The van der Waals surface area contributed by atoms with Crippen LogP contribution in [0.5, 0.6) is 0 Å². The largest absolute Gasteiger partial charge is 0.310 e. The highest BCUT2D eigenvalue weighted by atomic mass is 16.2. The standard InChI is InChI=1S/C15H21NO/c1-12-8-10-15(11-9-12)16(13(2)17)14-6-4-3-5-7-14/h8-11,14H,3-7H2,1-2H3. The smallest absolute Gasteiger partial charge is 0.224 e. The molecule has 0 radical (unpaired) electrons. The van der Waals surface area contributed by atoms with Gasteiger partial charge >= 0.3 is 0 Å². The molecule has 0 heterocycles. The van der Waals surface area contributed by atoms with Crippen molar-refractivity contribution in [2.45, 2.75) is 52.0 Å². The van der Waals surface area contributed by atoms with Crippen molar-refractivity contribution in [1.29, 1.82) is 0 Å². The molecule has 1 aliphatic carbocycles. The van der Waals surface area contributed by atoms with Gasteiger partial charge in [0.2, 0.25) is 5.91 Å². The summed E-state index contributed by atoms with van der Waals surface area (Å²) < 4.78 is 0. The van der Waals surface area contributed by atoms with Gasteiger partial charge in [-0.1, -0.05) is 37.0 Å². The quantitative estimate of drug-likeness (QED) is 0.760. The van der Waals surface area contributed by atoms with E-state index in [2.05, 4.69) is 31.2 Å². The maximum Gasteiger partial charge on any atom is 0.224 e. The van der Waals surface area contributed by atoms with E-state index in [1.54, 1.807) is 6.92 Å². The highest BCUT2D eigenvalue weighted by molar-refractivity contribution is 5.92. The minimum absolute atomic E-state index is 0.167. The molecule has 0 saturated heterocycles. The first-order valence-corrected chi connectivity index (χ1v) is 6.55. The first-order chi connectivity index (χ1) is 8.18. The zero-order valence-corrected chi connectivity index (χ0v) is 10.8. The van der Waals surface area contributed by atoms with E-state index >= 15 is 0 Å². The molecule has 1 fully saturated rings. The number of aryl methyl sites for hydroxylation is 1.